The molecule has 5 rings (SSSR count). The first-order valence-electron chi connectivity index (χ1n) is 8.52. The Morgan fingerprint density at radius 2 is 1.88 bits per heavy atom. The van der Waals surface area contributed by atoms with E-state index in [-0.39, 0.29) is 0 Å². The Morgan fingerprint density at radius 3 is 2.77 bits per heavy atom. The van der Waals surface area contributed by atoms with Crippen molar-refractivity contribution in [2.45, 2.75) is 12.1 Å². The molecule has 2 aromatic carbocycles. The number of ether oxygens (including phenoxy) is 2. The van der Waals surface area contributed by atoms with Crippen LogP contribution < -0.4 is 9.47 Å². The summed E-state index contributed by atoms with van der Waals surface area (Å²) >= 11 is 1.66. The van der Waals surface area contributed by atoms with Crippen molar-refractivity contribution in [1.82, 2.24) is 19.6 Å². The summed E-state index contributed by atoms with van der Waals surface area (Å²) in [5, 5.41) is 6.56. The number of rotatable bonds is 3. The average molecular weight is 364 g/mol. The van der Waals surface area contributed by atoms with Crippen LogP contribution in [0.25, 0.3) is 27.9 Å². The first-order valence-corrected chi connectivity index (χ1v) is 9.50. The van der Waals surface area contributed by atoms with Crippen molar-refractivity contribution < 1.29 is 9.47 Å². The van der Waals surface area contributed by atoms with E-state index in [1.807, 2.05) is 47.0 Å². The fourth-order valence-corrected chi connectivity index (χ4v) is 3.73. The second kappa shape index (κ2) is 6.17. The molecule has 0 bridgehead atoms. The van der Waals surface area contributed by atoms with E-state index in [0.29, 0.717) is 19.0 Å². The predicted octanol–water partition coefficient (Wildman–Crippen LogP) is 3.83. The highest BCUT2D eigenvalue weighted by Crippen LogP contribution is 2.34. The summed E-state index contributed by atoms with van der Waals surface area (Å²) in [6.07, 6.45) is 0. The standard InChI is InChI=1S/C19H16N4O2S/c1-2-26-19-20-14-6-4-3-5-13(14)18-21-17(22-23(18)19)12-7-8-15-16(11-12)25-10-9-24-15/h3-8,11H,2,9-10H2,1H3. The Morgan fingerprint density at radius 1 is 1.04 bits per heavy atom. The molecule has 6 nitrogen and oxygen atoms in total. The monoisotopic (exact) mass is 364 g/mol. The minimum Gasteiger partial charge on any atom is -0.486 e. The van der Waals surface area contributed by atoms with E-state index >= 15 is 0 Å². The quantitative estimate of drug-likeness (QED) is 0.407. The molecule has 4 aromatic rings. The second-order valence-corrected chi connectivity index (χ2v) is 7.10. The molecule has 3 heterocycles. The normalized spacial score (nSPS) is 13.4. The Labute approximate surface area is 154 Å². The van der Waals surface area contributed by atoms with Gasteiger partial charge in [-0.05, 0) is 36.1 Å². The van der Waals surface area contributed by atoms with Crippen molar-refractivity contribution in [3.63, 3.8) is 0 Å². The Balaban J connectivity index is 1.72. The predicted molar refractivity (Wildman–Crippen MR) is 101 cm³/mol. The number of hydrogen-bond acceptors (Lipinski definition) is 6. The molecule has 26 heavy (non-hydrogen) atoms. The van der Waals surface area contributed by atoms with Gasteiger partial charge in [0.15, 0.2) is 28.1 Å². The van der Waals surface area contributed by atoms with Crippen molar-refractivity contribution in [2.75, 3.05) is 19.0 Å². The highest BCUT2D eigenvalue weighted by molar-refractivity contribution is 7.99. The Kier molecular flexibility index (Phi) is 3.67. The molecule has 1 aliphatic heterocycles. The molecular weight excluding hydrogens is 348 g/mol. The summed E-state index contributed by atoms with van der Waals surface area (Å²) < 4.78 is 13.1. The number of hydrogen-bond donors (Lipinski definition) is 0. The van der Waals surface area contributed by atoms with E-state index in [9.17, 15) is 0 Å². The van der Waals surface area contributed by atoms with Crippen LogP contribution in [0, 0.1) is 0 Å². The SMILES string of the molecule is CCSc1nc2ccccc2c2nc(-c3ccc4c(c3)OCCO4)nn12. The highest BCUT2D eigenvalue weighted by Gasteiger charge is 2.17. The van der Waals surface area contributed by atoms with Gasteiger partial charge in [-0.3, -0.25) is 0 Å². The fourth-order valence-electron chi connectivity index (χ4n) is 3.06. The van der Waals surface area contributed by atoms with Gasteiger partial charge in [0.2, 0.25) is 0 Å². The lowest BCUT2D eigenvalue weighted by Gasteiger charge is -2.18. The van der Waals surface area contributed by atoms with E-state index in [4.69, 9.17) is 24.5 Å². The maximum Gasteiger partial charge on any atom is 0.191 e. The Hall–Kier alpha value is -2.80. The fraction of sp³-hybridized carbons (Fsp3) is 0.211. The molecule has 0 fully saturated rings. The molecule has 130 valence electrons. The van der Waals surface area contributed by atoms with Crippen LogP contribution in [-0.2, 0) is 0 Å². The van der Waals surface area contributed by atoms with Crippen molar-refractivity contribution in [2.24, 2.45) is 0 Å². The third kappa shape index (κ3) is 2.47. The van der Waals surface area contributed by atoms with Crippen LogP contribution in [0.4, 0.5) is 0 Å². The number of thioether (sulfide) groups is 1. The molecule has 0 spiro atoms. The van der Waals surface area contributed by atoms with Crippen molar-refractivity contribution in [3.05, 3.63) is 42.5 Å². The third-order valence-corrected chi connectivity index (χ3v) is 5.03. The summed E-state index contributed by atoms with van der Waals surface area (Å²) in [6.45, 7) is 3.24. The summed E-state index contributed by atoms with van der Waals surface area (Å²) in [7, 11) is 0. The Bertz CT molecular complexity index is 1130. The van der Waals surface area contributed by atoms with Gasteiger partial charge in [-0.25, -0.2) is 9.97 Å². The first kappa shape index (κ1) is 15.5. The van der Waals surface area contributed by atoms with E-state index in [1.165, 1.54) is 0 Å². The van der Waals surface area contributed by atoms with E-state index in [1.54, 1.807) is 11.8 Å². The number of para-hydroxylation sites is 1. The summed E-state index contributed by atoms with van der Waals surface area (Å²) in [5.41, 5.74) is 2.64. The number of fused-ring (bicyclic) bond motifs is 4. The summed E-state index contributed by atoms with van der Waals surface area (Å²) in [4.78, 5) is 9.55. The van der Waals surface area contributed by atoms with Crippen molar-refractivity contribution in [1.29, 1.82) is 0 Å². The van der Waals surface area contributed by atoms with Crippen LogP contribution in [0.1, 0.15) is 6.92 Å². The van der Waals surface area contributed by atoms with Crippen LogP contribution in [0.2, 0.25) is 0 Å². The molecule has 0 saturated carbocycles. The molecule has 0 aliphatic carbocycles. The zero-order chi connectivity index (χ0) is 17.5. The van der Waals surface area contributed by atoms with Crippen molar-refractivity contribution >= 4 is 28.3 Å². The van der Waals surface area contributed by atoms with Gasteiger partial charge in [-0.2, -0.15) is 4.52 Å². The zero-order valence-electron chi connectivity index (χ0n) is 14.2. The number of aromatic nitrogens is 4. The van der Waals surface area contributed by atoms with Crippen LogP contribution in [0.15, 0.2) is 47.6 Å². The minimum absolute atomic E-state index is 0.556. The lowest BCUT2D eigenvalue weighted by atomic mass is 10.2. The molecule has 0 unspecified atom stereocenters. The number of benzene rings is 2. The van der Waals surface area contributed by atoms with Gasteiger partial charge in [-0.15, -0.1) is 5.10 Å². The van der Waals surface area contributed by atoms with Gasteiger partial charge >= 0.3 is 0 Å². The molecule has 2 aromatic heterocycles. The van der Waals surface area contributed by atoms with Gasteiger partial charge in [0.05, 0.1) is 5.52 Å². The maximum absolute atomic E-state index is 5.69. The van der Waals surface area contributed by atoms with E-state index < -0.39 is 0 Å². The third-order valence-electron chi connectivity index (χ3n) is 4.22. The largest absolute Gasteiger partial charge is 0.486 e. The van der Waals surface area contributed by atoms with E-state index in [2.05, 4.69) is 6.92 Å². The molecule has 0 amide bonds. The summed E-state index contributed by atoms with van der Waals surface area (Å²) in [6, 6.07) is 13.8. The van der Waals surface area contributed by atoms with Crippen molar-refractivity contribution in [3.8, 4) is 22.9 Å². The van der Waals surface area contributed by atoms with E-state index in [0.717, 1.165) is 44.5 Å². The van der Waals surface area contributed by atoms with Gasteiger partial charge in [0.1, 0.15) is 13.2 Å². The number of nitrogens with zero attached hydrogens (tertiary/aromatic N) is 4. The lowest BCUT2D eigenvalue weighted by Crippen LogP contribution is -2.15. The van der Waals surface area contributed by atoms with Gasteiger partial charge in [-0.1, -0.05) is 30.8 Å². The molecule has 0 atom stereocenters. The molecule has 0 saturated heterocycles. The van der Waals surface area contributed by atoms with Crippen LogP contribution in [0.3, 0.4) is 0 Å². The van der Waals surface area contributed by atoms with Crippen LogP contribution in [-0.4, -0.2) is 38.5 Å². The van der Waals surface area contributed by atoms with Gasteiger partial charge in [0, 0.05) is 10.9 Å². The molecule has 1 aliphatic rings. The average Bonchev–Trinajstić information content (AvgIpc) is 3.14. The molecular formula is C19H16N4O2S. The maximum atomic E-state index is 5.69. The molecule has 7 heteroatoms. The lowest BCUT2D eigenvalue weighted by molar-refractivity contribution is 0.171. The first-order chi connectivity index (χ1) is 12.8. The highest BCUT2D eigenvalue weighted by atomic mass is 32.2. The smallest absolute Gasteiger partial charge is 0.191 e. The topological polar surface area (TPSA) is 61.5 Å². The summed E-state index contributed by atoms with van der Waals surface area (Å²) in [5.74, 6) is 3.06. The van der Waals surface area contributed by atoms with Crippen LogP contribution >= 0.6 is 11.8 Å². The second-order valence-electron chi connectivity index (χ2n) is 5.87. The minimum atomic E-state index is 0.556. The van der Waals surface area contributed by atoms with Crippen LogP contribution in [0.5, 0.6) is 11.5 Å². The molecule has 0 radical (unpaired) electrons. The zero-order valence-corrected chi connectivity index (χ0v) is 15.0. The molecule has 0 N–H and O–H groups in total. The van der Waals surface area contributed by atoms with Gasteiger partial charge in [0.25, 0.3) is 0 Å². The van der Waals surface area contributed by atoms with Gasteiger partial charge < -0.3 is 9.47 Å².